The molecule has 0 bridgehead atoms. The van der Waals surface area contributed by atoms with Crippen LogP contribution in [0.1, 0.15) is 28.6 Å². The van der Waals surface area contributed by atoms with Crippen molar-refractivity contribution in [2.24, 2.45) is 0 Å². The Morgan fingerprint density at radius 2 is 1.90 bits per heavy atom. The first kappa shape index (κ1) is 14.6. The molecule has 0 fully saturated rings. The number of aromatic nitrogens is 1. The number of nitrogens with one attached hydrogen (secondary N) is 1. The van der Waals surface area contributed by atoms with Crippen LogP contribution in [0.2, 0.25) is 0 Å². The average Bonchev–Trinajstić information content (AvgIpc) is 2.39. The van der Waals surface area contributed by atoms with Crippen LogP contribution in [0, 0.1) is 25.5 Å². The van der Waals surface area contributed by atoms with Crippen LogP contribution < -0.4 is 5.32 Å². The highest BCUT2D eigenvalue weighted by atomic mass is 19.1. The molecule has 0 saturated carbocycles. The predicted octanol–water partition coefficient (Wildman–Crippen LogP) is 3.48. The van der Waals surface area contributed by atoms with Crippen LogP contribution in [0.5, 0.6) is 0 Å². The normalized spacial score (nSPS) is 12.4. The van der Waals surface area contributed by atoms with E-state index in [-0.39, 0.29) is 6.04 Å². The second-order valence-corrected chi connectivity index (χ2v) is 4.91. The second kappa shape index (κ2) is 6.09. The molecule has 0 aliphatic rings. The largest absolute Gasteiger partial charge is 0.313 e. The summed E-state index contributed by atoms with van der Waals surface area (Å²) in [6, 6.07) is 7.58. The summed E-state index contributed by atoms with van der Waals surface area (Å²) in [5.41, 5.74) is 3.40. The van der Waals surface area contributed by atoms with Gasteiger partial charge in [0, 0.05) is 23.5 Å². The van der Waals surface area contributed by atoms with Gasteiger partial charge in [0.2, 0.25) is 0 Å². The summed E-state index contributed by atoms with van der Waals surface area (Å²) in [5, 5.41) is 3.17. The molecule has 1 unspecified atom stereocenters. The van der Waals surface area contributed by atoms with Gasteiger partial charge in [0.1, 0.15) is 11.6 Å². The molecule has 1 atom stereocenters. The zero-order valence-electron chi connectivity index (χ0n) is 11.9. The fourth-order valence-corrected chi connectivity index (χ4v) is 2.34. The third-order valence-electron chi connectivity index (χ3n) is 3.43. The molecule has 2 nitrogen and oxygen atoms in total. The SMILES string of the molecule is CNC(Cc1ccc(F)cc1F)c1ccc(C)nc1C. The topological polar surface area (TPSA) is 24.9 Å². The van der Waals surface area contributed by atoms with Gasteiger partial charge in [-0.05, 0) is 50.6 Å². The van der Waals surface area contributed by atoms with Crippen LogP contribution in [0.15, 0.2) is 30.3 Å². The number of pyridine rings is 1. The van der Waals surface area contributed by atoms with E-state index in [1.165, 1.54) is 12.1 Å². The number of nitrogens with zero attached hydrogens (tertiary/aromatic N) is 1. The zero-order chi connectivity index (χ0) is 14.7. The Kier molecular flexibility index (Phi) is 4.45. The van der Waals surface area contributed by atoms with E-state index in [2.05, 4.69) is 10.3 Å². The van der Waals surface area contributed by atoms with Crippen LogP contribution >= 0.6 is 0 Å². The lowest BCUT2D eigenvalue weighted by molar-refractivity contribution is 0.538. The second-order valence-electron chi connectivity index (χ2n) is 4.91. The van der Waals surface area contributed by atoms with E-state index in [1.807, 2.05) is 33.0 Å². The highest BCUT2D eigenvalue weighted by molar-refractivity contribution is 5.28. The maximum Gasteiger partial charge on any atom is 0.129 e. The quantitative estimate of drug-likeness (QED) is 0.924. The molecular weight excluding hydrogens is 258 g/mol. The van der Waals surface area contributed by atoms with Gasteiger partial charge < -0.3 is 5.32 Å². The Hall–Kier alpha value is -1.81. The summed E-state index contributed by atoms with van der Waals surface area (Å²) in [6.07, 6.45) is 0.453. The van der Waals surface area contributed by atoms with Crippen molar-refractivity contribution < 1.29 is 8.78 Å². The molecule has 20 heavy (non-hydrogen) atoms. The molecular formula is C16H18F2N2. The maximum absolute atomic E-state index is 13.7. The molecule has 4 heteroatoms. The number of hydrogen-bond acceptors (Lipinski definition) is 2. The minimum atomic E-state index is -0.555. The monoisotopic (exact) mass is 276 g/mol. The van der Waals surface area contributed by atoms with E-state index in [4.69, 9.17) is 0 Å². The highest BCUT2D eigenvalue weighted by Crippen LogP contribution is 2.22. The average molecular weight is 276 g/mol. The van der Waals surface area contributed by atoms with E-state index in [1.54, 1.807) is 0 Å². The zero-order valence-corrected chi connectivity index (χ0v) is 11.9. The van der Waals surface area contributed by atoms with Gasteiger partial charge in [0.15, 0.2) is 0 Å². The van der Waals surface area contributed by atoms with E-state index < -0.39 is 11.6 Å². The summed E-state index contributed by atoms with van der Waals surface area (Å²) in [7, 11) is 1.82. The van der Waals surface area contributed by atoms with Crippen molar-refractivity contribution in [2.45, 2.75) is 26.3 Å². The van der Waals surface area contributed by atoms with Gasteiger partial charge >= 0.3 is 0 Å². The van der Waals surface area contributed by atoms with Gasteiger partial charge in [0.05, 0.1) is 0 Å². The van der Waals surface area contributed by atoms with Gasteiger partial charge in [-0.25, -0.2) is 8.78 Å². The highest BCUT2D eigenvalue weighted by Gasteiger charge is 2.15. The van der Waals surface area contributed by atoms with Gasteiger partial charge in [-0.1, -0.05) is 12.1 Å². The molecule has 1 aromatic carbocycles. The number of rotatable bonds is 4. The molecule has 106 valence electrons. The third-order valence-corrected chi connectivity index (χ3v) is 3.43. The standard InChI is InChI=1S/C16H18F2N2/c1-10-4-7-14(11(2)20-10)16(19-3)8-12-5-6-13(17)9-15(12)18/h4-7,9,16,19H,8H2,1-3H3. The molecule has 0 aliphatic heterocycles. The van der Waals surface area contributed by atoms with E-state index >= 15 is 0 Å². The molecule has 1 aromatic heterocycles. The Morgan fingerprint density at radius 3 is 2.50 bits per heavy atom. The molecule has 2 aromatic rings. The Labute approximate surface area is 117 Å². The summed E-state index contributed by atoms with van der Waals surface area (Å²) >= 11 is 0. The van der Waals surface area contributed by atoms with E-state index in [0.29, 0.717) is 12.0 Å². The molecule has 1 N–H and O–H groups in total. The smallest absolute Gasteiger partial charge is 0.129 e. The molecule has 2 rings (SSSR count). The van der Waals surface area contributed by atoms with Crippen molar-refractivity contribution in [3.05, 3.63) is 64.5 Å². The molecule has 0 spiro atoms. The van der Waals surface area contributed by atoms with Crippen LogP contribution in [0.3, 0.4) is 0 Å². The molecule has 0 saturated heterocycles. The first-order valence-electron chi connectivity index (χ1n) is 6.56. The van der Waals surface area contributed by atoms with Gasteiger partial charge in [-0.2, -0.15) is 0 Å². The number of hydrogen-bond donors (Lipinski definition) is 1. The van der Waals surface area contributed by atoms with Crippen LogP contribution in [0.25, 0.3) is 0 Å². The van der Waals surface area contributed by atoms with Gasteiger partial charge in [-0.15, -0.1) is 0 Å². The molecule has 0 aliphatic carbocycles. The number of halogens is 2. The van der Waals surface area contributed by atoms with Crippen molar-refractivity contribution >= 4 is 0 Å². The van der Waals surface area contributed by atoms with Gasteiger partial charge in [-0.3, -0.25) is 4.98 Å². The number of benzene rings is 1. The lowest BCUT2D eigenvalue weighted by Gasteiger charge is -2.19. The maximum atomic E-state index is 13.7. The minimum Gasteiger partial charge on any atom is -0.313 e. The first-order chi connectivity index (χ1) is 9.51. The van der Waals surface area contributed by atoms with E-state index in [9.17, 15) is 8.78 Å². The van der Waals surface area contributed by atoms with Crippen molar-refractivity contribution in [3.63, 3.8) is 0 Å². The van der Waals surface area contributed by atoms with Crippen molar-refractivity contribution in [1.82, 2.24) is 10.3 Å². The van der Waals surface area contributed by atoms with Crippen molar-refractivity contribution in [2.75, 3.05) is 7.05 Å². The van der Waals surface area contributed by atoms with Crippen LogP contribution in [-0.4, -0.2) is 12.0 Å². The van der Waals surface area contributed by atoms with Gasteiger partial charge in [0.25, 0.3) is 0 Å². The summed E-state index contributed by atoms with van der Waals surface area (Å²) in [4.78, 5) is 4.43. The van der Waals surface area contributed by atoms with Crippen LogP contribution in [-0.2, 0) is 6.42 Å². The Balaban J connectivity index is 2.28. The Bertz CT molecular complexity index is 611. The summed E-state index contributed by atoms with van der Waals surface area (Å²) in [6.45, 7) is 3.87. The van der Waals surface area contributed by atoms with Crippen LogP contribution in [0.4, 0.5) is 8.78 Å². The first-order valence-corrected chi connectivity index (χ1v) is 6.56. The predicted molar refractivity (Wildman–Crippen MR) is 75.6 cm³/mol. The molecule has 0 radical (unpaired) electrons. The Morgan fingerprint density at radius 1 is 1.15 bits per heavy atom. The fourth-order valence-electron chi connectivity index (χ4n) is 2.34. The van der Waals surface area contributed by atoms with Crippen molar-refractivity contribution in [1.29, 1.82) is 0 Å². The third kappa shape index (κ3) is 3.20. The van der Waals surface area contributed by atoms with E-state index in [0.717, 1.165) is 23.0 Å². The summed E-state index contributed by atoms with van der Waals surface area (Å²) < 4.78 is 26.7. The summed E-state index contributed by atoms with van der Waals surface area (Å²) in [5.74, 6) is -1.07. The number of aryl methyl sites for hydroxylation is 2. The lowest BCUT2D eigenvalue weighted by Crippen LogP contribution is -2.21. The molecule has 0 amide bonds. The lowest BCUT2D eigenvalue weighted by atomic mass is 9.97. The molecule has 1 heterocycles. The fraction of sp³-hybridized carbons (Fsp3) is 0.312. The number of likely N-dealkylation sites (N-methyl/N-ethyl adjacent to an activating group) is 1. The van der Waals surface area contributed by atoms with Crippen molar-refractivity contribution in [3.8, 4) is 0 Å². The minimum absolute atomic E-state index is 0.0527.